The molecule has 0 aliphatic rings. The first kappa shape index (κ1) is 33.4. The van der Waals surface area contributed by atoms with Crippen LogP contribution < -0.4 is 0 Å². The maximum Gasteiger partial charge on any atom is 0.499 e. The molecule has 0 unspecified atom stereocenters. The molecule has 0 heterocycles. The van der Waals surface area contributed by atoms with Gasteiger partial charge in [-0.05, 0) is 12.8 Å². The van der Waals surface area contributed by atoms with E-state index in [4.69, 9.17) is 0 Å². The lowest BCUT2D eigenvalue weighted by Crippen LogP contribution is -2.52. The first-order valence-corrected chi connectivity index (χ1v) is 13.0. The molecule has 0 fully saturated rings. The second kappa shape index (κ2) is 10.6. The number of rotatable bonds is 8. The number of sulfone groups is 3. The van der Waals surface area contributed by atoms with Crippen LogP contribution >= 0.6 is 0 Å². The van der Waals surface area contributed by atoms with Gasteiger partial charge in [-0.2, -0.15) is 39.5 Å². The smallest absolute Gasteiger partial charge is 0.331 e. The third-order valence-corrected chi connectivity index (χ3v) is 11.4. The second-order valence-corrected chi connectivity index (χ2v) is 14.3. The predicted octanol–water partition coefficient (Wildman–Crippen LogP) is 3.35. The number of nitrogens with zero attached hydrogens (tertiary/aromatic N) is 1. The standard InChI is InChI=1S/C9H22N.C4HF9O6S3/c1-5-6-7-8-9-10(2,3)4;5-2(6,7)20(14,15)1(21(16,17)3(8,9)10)22(18,19)4(11,12)13/h5-9H2,1-4H3;1H/q+1;. The highest BCUT2D eigenvalue weighted by molar-refractivity contribution is 8.24. The fourth-order valence-corrected chi connectivity index (χ4v) is 8.46. The zero-order valence-corrected chi connectivity index (χ0v) is 19.6. The predicted molar refractivity (Wildman–Crippen MR) is 95.8 cm³/mol. The number of hydrogen-bond donors (Lipinski definition) is 0. The third kappa shape index (κ3) is 8.85. The molecule has 7 nitrogen and oxygen atoms in total. The van der Waals surface area contributed by atoms with E-state index in [1.54, 1.807) is 0 Å². The molecule has 0 bridgehead atoms. The van der Waals surface area contributed by atoms with Crippen molar-refractivity contribution in [1.29, 1.82) is 0 Å². The van der Waals surface area contributed by atoms with Crippen LogP contribution in [0.1, 0.15) is 32.6 Å². The van der Waals surface area contributed by atoms with E-state index in [0.717, 1.165) is 4.48 Å². The van der Waals surface area contributed by atoms with Crippen molar-refractivity contribution < 1.29 is 69.3 Å². The normalized spacial score (nSPS) is 14.8. The van der Waals surface area contributed by atoms with Crippen molar-refractivity contribution in [2.75, 3.05) is 27.7 Å². The Morgan fingerprint density at radius 3 is 1.06 bits per heavy atom. The fraction of sp³-hybridized carbons (Fsp3) is 1.00. The fourth-order valence-electron chi connectivity index (χ4n) is 1.84. The molecular formula is C13H23F9NO6S3+. The van der Waals surface area contributed by atoms with Crippen LogP contribution in [0.3, 0.4) is 0 Å². The largest absolute Gasteiger partial charge is 0.499 e. The topological polar surface area (TPSA) is 102 Å². The van der Waals surface area contributed by atoms with Crippen LogP contribution in [-0.2, 0) is 29.5 Å². The van der Waals surface area contributed by atoms with Crippen molar-refractivity contribution in [3.05, 3.63) is 0 Å². The summed E-state index contributed by atoms with van der Waals surface area (Å²) in [4.78, 5) is 0. The van der Waals surface area contributed by atoms with Gasteiger partial charge in [0, 0.05) is 0 Å². The highest BCUT2D eigenvalue weighted by atomic mass is 32.3. The van der Waals surface area contributed by atoms with E-state index >= 15 is 0 Å². The van der Waals surface area contributed by atoms with Crippen LogP contribution in [0.4, 0.5) is 39.5 Å². The Morgan fingerprint density at radius 1 is 0.594 bits per heavy atom. The Labute approximate surface area is 179 Å². The molecule has 0 aliphatic heterocycles. The molecular weight excluding hydrogens is 533 g/mol. The Balaban J connectivity index is 0. The zero-order chi connectivity index (χ0) is 26.6. The van der Waals surface area contributed by atoms with E-state index < -0.39 is 50.0 Å². The van der Waals surface area contributed by atoms with E-state index in [2.05, 4.69) is 28.1 Å². The molecule has 0 aromatic rings. The van der Waals surface area contributed by atoms with Gasteiger partial charge < -0.3 is 4.48 Å². The summed E-state index contributed by atoms with van der Waals surface area (Å²) in [6.07, 6.45) is 5.54. The van der Waals surface area contributed by atoms with E-state index in [1.165, 1.54) is 32.2 Å². The minimum absolute atomic E-state index is 1.11. The van der Waals surface area contributed by atoms with Crippen LogP contribution in [0.15, 0.2) is 0 Å². The highest BCUT2D eigenvalue weighted by Crippen LogP contribution is 2.42. The lowest BCUT2D eigenvalue weighted by molar-refractivity contribution is -0.870. The Kier molecular flexibility index (Phi) is 11.1. The first-order valence-electron chi connectivity index (χ1n) is 8.39. The van der Waals surface area contributed by atoms with Crippen molar-refractivity contribution >= 4 is 29.5 Å². The molecule has 0 aromatic heterocycles. The molecule has 0 aromatic carbocycles. The van der Waals surface area contributed by atoms with Gasteiger partial charge in [0.15, 0.2) is 0 Å². The number of hydrogen-bond acceptors (Lipinski definition) is 6. The van der Waals surface area contributed by atoms with E-state index in [0.29, 0.717) is 0 Å². The number of halogens is 9. The Morgan fingerprint density at radius 2 is 0.875 bits per heavy atom. The summed E-state index contributed by atoms with van der Waals surface area (Å²) in [5.41, 5.74) is -21.1. The molecule has 0 N–H and O–H groups in total. The lowest BCUT2D eigenvalue weighted by atomic mass is 10.2. The number of quaternary nitrogens is 1. The SMILES string of the molecule is CCCCCC[N+](C)(C)C.O=S(=O)(C(S(=O)(=O)C(F)(F)F)S(=O)(=O)C(F)(F)F)C(F)(F)F. The van der Waals surface area contributed by atoms with Gasteiger partial charge in [-0.1, -0.05) is 19.8 Å². The van der Waals surface area contributed by atoms with Gasteiger partial charge >= 0.3 is 16.5 Å². The average Bonchev–Trinajstić information content (AvgIpc) is 2.47. The lowest BCUT2D eigenvalue weighted by Gasteiger charge is -2.23. The van der Waals surface area contributed by atoms with Crippen LogP contribution in [0.2, 0.25) is 0 Å². The minimum atomic E-state index is -7.94. The maximum absolute atomic E-state index is 12.1. The first-order chi connectivity index (χ1) is 13.7. The molecule has 0 amide bonds. The van der Waals surface area contributed by atoms with Gasteiger partial charge in [0.25, 0.3) is 33.4 Å². The van der Waals surface area contributed by atoms with Crippen LogP contribution in [0, 0.1) is 0 Å². The summed E-state index contributed by atoms with van der Waals surface area (Å²) in [6, 6.07) is 0. The van der Waals surface area contributed by atoms with Crippen LogP contribution in [-0.4, -0.2) is 77.9 Å². The van der Waals surface area contributed by atoms with Crippen molar-refractivity contribution in [3.8, 4) is 0 Å². The summed E-state index contributed by atoms with van der Waals surface area (Å²) in [7, 11) is -17.0. The molecule has 0 saturated carbocycles. The molecule has 19 heteroatoms. The molecule has 32 heavy (non-hydrogen) atoms. The molecule has 0 radical (unpaired) electrons. The summed E-state index contributed by atoms with van der Waals surface area (Å²) >= 11 is 0. The third-order valence-electron chi connectivity index (χ3n) is 3.41. The average molecular weight is 557 g/mol. The summed E-state index contributed by atoms with van der Waals surface area (Å²) in [5, 5.41) is 0. The van der Waals surface area contributed by atoms with Gasteiger partial charge in [-0.25, -0.2) is 25.3 Å². The van der Waals surface area contributed by atoms with Gasteiger partial charge in [-0.15, -0.1) is 0 Å². The second-order valence-electron chi connectivity index (χ2n) is 7.34. The molecule has 0 saturated heterocycles. The quantitative estimate of drug-likeness (QED) is 0.258. The number of alkyl halides is 9. The highest BCUT2D eigenvalue weighted by Gasteiger charge is 2.73. The van der Waals surface area contributed by atoms with Crippen molar-refractivity contribution in [3.63, 3.8) is 0 Å². The molecule has 196 valence electrons. The van der Waals surface area contributed by atoms with Gasteiger partial charge in [0.2, 0.25) is 0 Å². The van der Waals surface area contributed by atoms with Gasteiger partial charge in [0.05, 0.1) is 27.7 Å². The van der Waals surface area contributed by atoms with E-state index in [9.17, 15) is 64.8 Å². The van der Waals surface area contributed by atoms with Crippen LogP contribution in [0.5, 0.6) is 0 Å². The minimum Gasteiger partial charge on any atom is -0.331 e. The molecule has 0 rings (SSSR count). The van der Waals surface area contributed by atoms with Crippen LogP contribution in [0.25, 0.3) is 0 Å². The Bertz CT molecular complexity index is 808. The van der Waals surface area contributed by atoms with Gasteiger partial charge in [-0.3, -0.25) is 0 Å². The summed E-state index contributed by atoms with van der Waals surface area (Å²) < 4.78 is 168. The molecule has 0 aliphatic carbocycles. The van der Waals surface area contributed by atoms with Gasteiger partial charge in [0.1, 0.15) is 0 Å². The zero-order valence-electron chi connectivity index (χ0n) is 17.1. The summed E-state index contributed by atoms with van der Waals surface area (Å²) in [5.74, 6) is 0. The monoisotopic (exact) mass is 556 g/mol. The summed E-state index contributed by atoms with van der Waals surface area (Å²) in [6.45, 7) is 3.58. The maximum atomic E-state index is 12.1. The molecule has 0 atom stereocenters. The van der Waals surface area contributed by atoms with E-state index in [1.807, 2.05) is 0 Å². The molecule has 0 spiro atoms. The van der Waals surface area contributed by atoms with E-state index in [-0.39, 0.29) is 0 Å². The Hall–Kier alpha value is -0.820. The van der Waals surface area contributed by atoms with Crippen molar-refractivity contribution in [2.45, 2.75) is 53.0 Å². The van der Waals surface area contributed by atoms with Crippen molar-refractivity contribution in [1.82, 2.24) is 0 Å². The number of unbranched alkanes of at least 4 members (excludes halogenated alkanes) is 3. The van der Waals surface area contributed by atoms with Crippen molar-refractivity contribution in [2.24, 2.45) is 0 Å².